The maximum atomic E-state index is 12.4. The zero-order valence-corrected chi connectivity index (χ0v) is 14.0. The third-order valence-corrected chi connectivity index (χ3v) is 3.95. The topological polar surface area (TPSA) is 60.0 Å². The Kier molecular flexibility index (Phi) is 7.16. The predicted octanol–water partition coefficient (Wildman–Crippen LogP) is 1.55. The van der Waals surface area contributed by atoms with Gasteiger partial charge in [0.2, 0.25) is 0 Å². The summed E-state index contributed by atoms with van der Waals surface area (Å²) in [5.74, 6) is 0.885. The van der Waals surface area contributed by atoms with Crippen LogP contribution < -0.4 is 14.8 Å². The van der Waals surface area contributed by atoms with Crippen LogP contribution in [0.1, 0.15) is 23.2 Å². The molecule has 0 bridgehead atoms. The lowest BCUT2D eigenvalue weighted by Gasteiger charge is -2.26. The molecule has 0 saturated carbocycles. The van der Waals surface area contributed by atoms with E-state index in [0.717, 1.165) is 45.7 Å². The van der Waals surface area contributed by atoms with E-state index in [2.05, 4.69) is 10.2 Å². The third-order valence-electron chi connectivity index (χ3n) is 3.95. The van der Waals surface area contributed by atoms with Gasteiger partial charge in [-0.05, 0) is 31.5 Å². The molecule has 0 radical (unpaired) electrons. The summed E-state index contributed by atoms with van der Waals surface area (Å²) >= 11 is 0. The first kappa shape index (κ1) is 17.6. The van der Waals surface area contributed by atoms with Crippen LogP contribution in [0.2, 0.25) is 0 Å². The van der Waals surface area contributed by atoms with Crippen molar-refractivity contribution in [1.29, 1.82) is 0 Å². The van der Waals surface area contributed by atoms with Crippen molar-refractivity contribution in [3.63, 3.8) is 0 Å². The number of nitrogens with one attached hydrogen (secondary N) is 1. The smallest absolute Gasteiger partial charge is 0.258 e. The summed E-state index contributed by atoms with van der Waals surface area (Å²) in [6.45, 7) is 5.35. The lowest BCUT2D eigenvalue weighted by Crippen LogP contribution is -2.37. The molecule has 0 atom stereocenters. The zero-order valence-electron chi connectivity index (χ0n) is 14.0. The fourth-order valence-electron chi connectivity index (χ4n) is 2.65. The summed E-state index contributed by atoms with van der Waals surface area (Å²) in [4.78, 5) is 14.8. The molecule has 128 valence electrons. The van der Waals surface area contributed by atoms with Gasteiger partial charge in [0.15, 0.2) is 0 Å². The van der Waals surface area contributed by atoms with Crippen LogP contribution in [0.4, 0.5) is 0 Å². The number of unbranched alkanes of at least 4 members (excludes halogenated alkanes) is 1. The number of hydrogen-bond acceptors (Lipinski definition) is 5. The summed E-state index contributed by atoms with van der Waals surface area (Å²) < 4.78 is 15.8. The Hall–Kier alpha value is -1.79. The Bertz CT molecular complexity index is 479. The molecule has 1 fully saturated rings. The SMILES string of the molecule is COc1cccc(OC)c1C(=O)NCCCCN1CCOCC1. The molecule has 1 N–H and O–H groups in total. The Morgan fingerprint density at radius 3 is 2.43 bits per heavy atom. The van der Waals surface area contributed by atoms with Crippen molar-refractivity contribution in [3.8, 4) is 11.5 Å². The van der Waals surface area contributed by atoms with Crippen molar-refractivity contribution >= 4 is 5.91 Å². The summed E-state index contributed by atoms with van der Waals surface area (Å²) in [6.07, 6.45) is 2.00. The van der Waals surface area contributed by atoms with E-state index in [1.54, 1.807) is 32.4 Å². The van der Waals surface area contributed by atoms with Gasteiger partial charge in [-0.3, -0.25) is 9.69 Å². The fourth-order valence-corrected chi connectivity index (χ4v) is 2.65. The number of methoxy groups -OCH3 is 2. The van der Waals surface area contributed by atoms with E-state index >= 15 is 0 Å². The Morgan fingerprint density at radius 2 is 1.83 bits per heavy atom. The van der Waals surface area contributed by atoms with Gasteiger partial charge in [0.25, 0.3) is 5.91 Å². The second kappa shape index (κ2) is 9.37. The number of ether oxygens (including phenoxy) is 3. The van der Waals surface area contributed by atoms with Crippen LogP contribution in [0, 0.1) is 0 Å². The molecule has 1 saturated heterocycles. The number of benzene rings is 1. The first-order chi connectivity index (χ1) is 11.3. The average molecular weight is 322 g/mol. The maximum absolute atomic E-state index is 12.4. The molecule has 1 aromatic rings. The van der Waals surface area contributed by atoms with Crippen LogP contribution >= 0.6 is 0 Å². The van der Waals surface area contributed by atoms with Crippen molar-refractivity contribution in [1.82, 2.24) is 10.2 Å². The number of carbonyl (C=O) groups is 1. The minimum atomic E-state index is -0.161. The maximum Gasteiger partial charge on any atom is 0.258 e. The molecular formula is C17H26N2O4. The summed E-state index contributed by atoms with van der Waals surface area (Å²) in [5.41, 5.74) is 0.450. The van der Waals surface area contributed by atoms with Crippen LogP contribution in [0.15, 0.2) is 18.2 Å². The first-order valence-corrected chi connectivity index (χ1v) is 8.05. The molecule has 1 heterocycles. The number of morpholine rings is 1. The second-order valence-electron chi connectivity index (χ2n) is 5.45. The Morgan fingerprint density at radius 1 is 1.17 bits per heavy atom. The van der Waals surface area contributed by atoms with Crippen molar-refractivity contribution in [2.45, 2.75) is 12.8 Å². The lowest BCUT2D eigenvalue weighted by molar-refractivity contribution is 0.0372. The number of hydrogen-bond donors (Lipinski definition) is 1. The molecule has 1 amide bonds. The lowest BCUT2D eigenvalue weighted by atomic mass is 10.1. The molecule has 6 nitrogen and oxygen atoms in total. The number of rotatable bonds is 8. The van der Waals surface area contributed by atoms with Gasteiger partial charge in [0.05, 0.1) is 27.4 Å². The average Bonchev–Trinajstić information content (AvgIpc) is 2.61. The monoisotopic (exact) mass is 322 g/mol. The molecule has 23 heavy (non-hydrogen) atoms. The first-order valence-electron chi connectivity index (χ1n) is 8.05. The zero-order chi connectivity index (χ0) is 16.5. The highest BCUT2D eigenvalue weighted by Crippen LogP contribution is 2.27. The highest BCUT2D eigenvalue weighted by atomic mass is 16.5. The molecule has 0 aromatic heterocycles. The Balaban J connectivity index is 1.76. The molecule has 0 aliphatic carbocycles. The van der Waals surface area contributed by atoms with Gasteiger partial charge < -0.3 is 19.5 Å². The van der Waals surface area contributed by atoms with Crippen LogP contribution in [0.3, 0.4) is 0 Å². The minimum Gasteiger partial charge on any atom is -0.496 e. The summed E-state index contributed by atoms with van der Waals surface area (Å²) in [5, 5.41) is 2.94. The molecule has 1 aliphatic rings. The molecule has 0 unspecified atom stereocenters. The Labute approximate surface area is 137 Å². The van der Waals surface area contributed by atoms with Crippen molar-refractivity contribution in [3.05, 3.63) is 23.8 Å². The van der Waals surface area contributed by atoms with E-state index in [1.807, 2.05) is 0 Å². The van der Waals surface area contributed by atoms with Gasteiger partial charge in [-0.1, -0.05) is 6.07 Å². The molecule has 6 heteroatoms. The largest absolute Gasteiger partial charge is 0.496 e. The van der Waals surface area contributed by atoms with E-state index in [0.29, 0.717) is 23.6 Å². The molecule has 0 spiro atoms. The van der Waals surface area contributed by atoms with Gasteiger partial charge in [-0.15, -0.1) is 0 Å². The standard InChI is InChI=1S/C17H26N2O4/c1-21-14-6-5-7-15(22-2)16(14)17(20)18-8-3-4-9-19-10-12-23-13-11-19/h5-7H,3-4,8-13H2,1-2H3,(H,18,20). The van der Waals surface area contributed by atoms with Gasteiger partial charge in [0.1, 0.15) is 17.1 Å². The molecule has 1 aromatic carbocycles. The van der Waals surface area contributed by atoms with Crippen LogP contribution in [-0.2, 0) is 4.74 Å². The molecular weight excluding hydrogens is 296 g/mol. The van der Waals surface area contributed by atoms with Crippen LogP contribution in [0.5, 0.6) is 11.5 Å². The number of amides is 1. The van der Waals surface area contributed by atoms with Crippen LogP contribution in [-0.4, -0.2) is 64.4 Å². The minimum absolute atomic E-state index is 0.161. The van der Waals surface area contributed by atoms with E-state index in [4.69, 9.17) is 14.2 Å². The second-order valence-corrected chi connectivity index (χ2v) is 5.45. The summed E-state index contributed by atoms with van der Waals surface area (Å²) in [7, 11) is 3.10. The third kappa shape index (κ3) is 5.11. The summed E-state index contributed by atoms with van der Waals surface area (Å²) in [6, 6.07) is 5.32. The van der Waals surface area contributed by atoms with Gasteiger partial charge >= 0.3 is 0 Å². The predicted molar refractivity (Wildman–Crippen MR) is 88.4 cm³/mol. The highest BCUT2D eigenvalue weighted by Gasteiger charge is 2.17. The van der Waals surface area contributed by atoms with E-state index in [9.17, 15) is 4.79 Å². The van der Waals surface area contributed by atoms with Gasteiger partial charge in [0, 0.05) is 19.6 Å². The normalized spacial score (nSPS) is 15.2. The van der Waals surface area contributed by atoms with Crippen LogP contribution in [0.25, 0.3) is 0 Å². The van der Waals surface area contributed by atoms with Gasteiger partial charge in [-0.2, -0.15) is 0 Å². The fraction of sp³-hybridized carbons (Fsp3) is 0.588. The number of nitrogens with zero attached hydrogens (tertiary/aromatic N) is 1. The quantitative estimate of drug-likeness (QED) is 0.736. The van der Waals surface area contributed by atoms with E-state index in [-0.39, 0.29) is 5.91 Å². The van der Waals surface area contributed by atoms with Gasteiger partial charge in [-0.25, -0.2) is 0 Å². The van der Waals surface area contributed by atoms with E-state index in [1.165, 1.54) is 0 Å². The van der Waals surface area contributed by atoms with Crippen molar-refractivity contribution < 1.29 is 19.0 Å². The van der Waals surface area contributed by atoms with E-state index < -0.39 is 0 Å². The number of carbonyl (C=O) groups excluding carboxylic acids is 1. The van der Waals surface area contributed by atoms with Crippen molar-refractivity contribution in [2.24, 2.45) is 0 Å². The highest BCUT2D eigenvalue weighted by molar-refractivity contribution is 5.99. The molecule has 1 aliphatic heterocycles. The van der Waals surface area contributed by atoms with Crippen molar-refractivity contribution in [2.75, 3.05) is 53.6 Å². The molecule has 2 rings (SSSR count).